The van der Waals surface area contributed by atoms with Gasteiger partial charge in [0.1, 0.15) is 11.9 Å². The molecule has 6 nitrogen and oxygen atoms in total. The number of aromatic nitrogens is 2. The van der Waals surface area contributed by atoms with Gasteiger partial charge in [0.2, 0.25) is 0 Å². The van der Waals surface area contributed by atoms with Crippen LogP contribution in [0.2, 0.25) is 0 Å². The molecular weight excluding hydrogens is 348 g/mol. The largest absolute Gasteiger partial charge is 0.364 e. The summed E-state index contributed by atoms with van der Waals surface area (Å²) in [6.45, 7) is 1.89. The number of benzene rings is 1. The highest BCUT2D eigenvalue weighted by atomic mass is 79.9. The first kappa shape index (κ1) is 16.0. The summed E-state index contributed by atoms with van der Waals surface area (Å²) in [5, 5.41) is 12.3. The summed E-state index contributed by atoms with van der Waals surface area (Å²) in [5.41, 5.74) is -0.207. The first-order chi connectivity index (χ1) is 10.4. The summed E-state index contributed by atoms with van der Waals surface area (Å²) in [6, 6.07) is 9.30. The topological polar surface area (TPSA) is 79.8 Å². The fourth-order valence-electron chi connectivity index (χ4n) is 2.22. The van der Waals surface area contributed by atoms with E-state index in [1.165, 1.54) is 18.7 Å². The molecule has 7 heteroatoms. The average Bonchev–Trinajstić information content (AvgIpc) is 2.51. The van der Waals surface area contributed by atoms with Gasteiger partial charge in [-0.05, 0) is 18.6 Å². The number of rotatable bonds is 3. The zero-order valence-electron chi connectivity index (χ0n) is 12.4. The molecule has 1 atom stereocenters. The van der Waals surface area contributed by atoms with Crippen molar-refractivity contribution >= 4 is 21.7 Å². The van der Waals surface area contributed by atoms with Crippen LogP contribution in [-0.4, -0.2) is 9.13 Å². The van der Waals surface area contributed by atoms with Gasteiger partial charge in [0.05, 0.1) is 6.04 Å². The molecule has 2 aromatic rings. The second-order valence-electron chi connectivity index (χ2n) is 4.93. The summed E-state index contributed by atoms with van der Waals surface area (Å²) in [6.07, 6.45) is 0. The van der Waals surface area contributed by atoms with Crippen molar-refractivity contribution in [2.75, 3.05) is 5.32 Å². The van der Waals surface area contributed by atoms with Crippen LogP contribution in [0.4, 0.5) is 5.82 Å². The van der Waals surface area contributed by atoms with Crippen molar-refractivity contribution < 1.29 is 0 Å². The van der Waals surface area contributed by atoms with Crippen LogP contribution in [0.25, 0.3) is 0 Å². The SMILES string of the molecule is C[C@@H](Nc1c(C#N)c(=O)n(C)c(=O)n1C)c1ccccc1Br. The van der Waals surface area contributed by atoms with E-state index in [9.17, 15) is 14.9 Å². The van der Waals surface area contributed by atoms with Crippen molar-refractivity contribution in [2.45, 2.75) is 13.0 Å². The number of nitriles is 1. The van der Waals surface area contributed by atoms with Gasteiger partial charge in [0.15, 0.2) is 5.56 Å². The third kappa shape index (κ3) is 2.70. The smallest absolute Gasteiger partial charge is 0.332 e. The van der Waals surface area contributed by atoms with Gasteiger partial charge in [-0.25, -0.2) is 4.79 Å². The number of hydrogen-bond donors (Lipinski definition) is 1. The number of nitrogens with zero attached hydrogens (tertiary/aromatic N) is 3. The van der Waals surface area contributed by atoms with Crippen LogP contribution in [0.1, 0.15) is 24.1 Å². The molecule has 0 spiro atoms. The highest BCUT2D eigenvalue weighted by molar-refractivity contribution is 9.10. The maximum Gasteiger partial charge on any atom is 0.332 e. The Labute approximate surface area is 135 Å². The van der Waals surface area contributed by atoms with E-state index in [1.54, 1.807) is 0 Å². The molecule has 0 amide bonds. The lowest BCUT2D eigenvalue weighted by Gasteiger charge is -2.20. The summed E-state index contributed by atoms with van der Waals surface area (Å²) < 4.78 is 3.10. The maximum atomic E-state index is 12.1. The maximum absolute atomic E-state index is 12.1. The quantitative estimate of drug-likeness (QED) is 0.903. The molecule has 0 saturated heterocycles. The Hall–Kier alpha value is -2.33. The predicted octanol–water partition coefficient (Wildman–Crippen LogP) is 1.89. The van der Waals surface area contributed by atoms with Crippen LogP contribution in [-0.2, 0) is 14.1 Å². The Morgan fingerprint density at radius 3 is 2.45 bits per heavy atom. The van der Waals surface area contributed by atoms with E-state index in [0.29, 0.717) is 0 Å². The lowest BCUT2D eigenvalue weighted by atomic mass is 10.1. The van der Waals surface area contributed by atoms with E-state index >= 15 is 0 Å². The van der Waals surface area contributed by atoms with Crippen LogP contribution < -0.4 is 16.6 Å². The minimum absolute atomic E-state index is 0.0801. The molecule has 1 aromatic heterocycles. The normalized spacial score (nSPS) is 11.8. The van der Waals surface area contributed by atoms with E-state index in [0.717, 1.165) is 14.6 Å². The summed E-state index contributed by atoms with van der Waals surface area (Å²) in [4.78, 5) is 24.1. The summed E-state index contributed by atoms with van der Waals surface area (Å²) in [7, 11) is 2.88. The van der Waals surface area contributed by atoms with Gasteiger partial charge >= 0.3 is 5.69 Å². The van der Waals surface area contributed by atoms with Crippen molar-refractivity contribution in [1.82, 2.24) is 9.13 Å². The fraction of sp³-hybridized carbons (Fsp3) is 0.267. The second kappa shape index (κ2) is 6.20. The van der Waals surface area contributed by atoms with Gasteiger partial charge in [-0.15, -0.1) is 0 Å². The fourth-order valence-corrected chi connectivity index (χ4v) is 2.85. The molecule has 22 heavy (non-hydrogen) atoms. The molecular formula is C15H15BrN4O2. The lowest BCUT2D eigenvalue weighted by Crippen LogP contribution is -2.40. The standard InChI is InChI=1S/C15H15BrN4O2/c1-9(10-6-4-5-7-12(10)16)18-13-11(8-17)14(21)20(3)15(22)19(13)2/h4-7,9,18H,1-3H3/t9-/m1/s1. The third-order valence-electron chi connectivity index (χ3n) is 3.50. The molecule has 114 valence electrons. The molecule has 1 heterocycles. The van der Waals surface area contributed by atoms with Crippen molar-refractivity contribution in [2.24, 2.45) is 14.1 Å². The first-order valence-corrected chi connectivity index (χ1v) is 7.38. The van der Waals surface area contributed by atoms with E-state index in [2.05, 4.69) is 21.2 Å². The number of anilines is 1. The van der Waals surface area contributed by atoms with Gasteiger partial charge in [-0.3, -0.25) is 13.9 Å². The Morgan fingerprint density at radius 2 is 1.86 bits per heavy atom. The molecule has 0 radical (unpaired) electrons. The van der Waals surface area contributed by atoms with Crippen molar-refractivity contribution in [1.29, 1.82) is 5.26 Å². The minimum atomic E-state index is -0.604. The summed E-state index contributed by atoms with van der Waals surface area (Å²) >= 11 is 3.47. The second-order valence-corrected chi connectivity index (χ2v) is 5.78. The zero-order chi connectivity index (χ0) is 16.4. The Kier molecular flexibility index (Phi) is 4.52. The number of halogens is 1. The van der Waals surface area contributed by atoms with Gasteiger partial charge in [-0.1, -0.05) is 34.1 Å². The van der Waals surface area contributed by atoms with Crippen molar-refractivity contribution in [3.8, 4) is 6.07 Å². The van der Waals surface area contributed by atoms with Crippen LogP contribution in [0.3, 0.4) is 0 Å². The van der Waals surface area contributed by atoms with Crippen molar-refractivity contribution in [3.63, 3.8) is 0 Å². The average molecular weight is 363 g/mol. The third-order valence-corrected chi connectivity index (χ3v) is 4.22. The molecule has 0 unspecified atom stereocenters. The monoisotopic (exact) mass is 362 g/mol. The molecule has 0 saturated carbocycles. The van der Waals surface area contributed by atoms with Gasteiger partial charge in [0.25, 0.3) is 5.56 Å². The van der Waals surface area contributed by atoms with Crippen molar-refractivity contribution in [3.05, 3.63) is 60.7 Å². The van der Waals surface area contributed by atoms with E-state index in [-0.39, 0.29) is 17.4 Å². The number of nitrogens with one attached hydrogen (secondary N) is 1. The molecule has 0 bridgehead atoms. The summed E-state index contributed by atoms with van der Waals surface area (Å²) in [5.74, 6) is 0.221. The van der Waals surface area contributed by atoms with E-state index in [4.69, 9.17) is 0 Å². The Morgan fingerprint density at radius 1 is 1.23 bits per heavy atom. The molecule has 0 aliphatic carbocycles. The molecule has 0 aliphatic rings. The van der Waals surface area contributed by atoms with Gasteiger partial charge < -0.3 is 5.32 Å². The Bertz CT molecular complexity index is 877. The molecule has 0 fully saturated rings. The molecule has 1 aromatic carbocycles. The number of hydrogen-bond acceptors (Lipinski definition) is 4. The van der Waals surface area contributed by atoms with Crippen LogP contribution in [0.5, 0.6) is 0 Å². The van der Waals surface area contributed by atoms with Crippen LogP contribution >= 0.6 is 15.9 Å². The first-order valence-electron chi connectivity index (χ1n) is 6.59. The van der Waals surface area contributed by atoms with Gasteiger partial charge in [-0.2, -0.15) is 5.26 Å². The van der Waals surface area contributed by atoms with Crippen LogP contribution in [0, 0.1) is 11.3 Å². The zero-order valence-corrected chi connectivity index (χ0v) is 14.0. The molecule has 1 N–H and O–H groups in total. The van der Waals surface area contributed by atoms with Crippen LogP contribution in [0.15, 0.2) is 38.3 Å². The van der Waals surface area contributed by atoms with Gasteiger partial charge in [0, 0.05) is 18.6 Å². The minimum Gasteiger partial charge on any atom is -0.364 e. The molecule has 2 rings (SSSR count). The van der Waals surface area contributed by atoms with E-state index < -0.39 is 11.2 Å². The Balaban J connectivity index is 2.56. The lowest BCUT2D eigenvalue weighted by molar-refractivity contribution is 0.678. The predicted molar refractivity (Wildman–Crippen MR) is 87.8 cm³/mol. The van der Waals surface area contributed by atoms with E-state index in [1.807, 2.05) is 37.3 Å². The molecule has 0 aliphatic heterocycles. The highest BCUT2D eigenvalue weighted by Gasteiger charge is 2.18. The highest BCUT2D eigenvalue weighted by Crippen LogP contribution is 2.26.